The highest BCUT2D eigenvalue weighted by molar-refractivity contribution is 5.33. The number of nitrogens with two attached hydrogens (primary N) is 1. The largest absolute Gasteiger partial charge is 0.494 e. The first-order chi connectivity index (χ1) is 8.13. The minimum atomic E-state index is -0.578. The fourth-order valence-electron chi connectivity index (χ4n) is 2.19. The third kappa shape index (κ3) is 2.40. The normalized spacial score (nSPS) is 21.5. The molecule has 1 aromatic carbocycles. The van der Waals surface area contributed by atoms with Crippen molar-refractivity contribution in [2.75, 3.05) is 20.2 Å². The molecule has 2 rings (SSSR count). The number of ether oxygens (including phenoxy) is 1. The van der Waals surface area contributed by atoms with Crippen molar-refractivity contribution >= 4 is 0 Å². The SMILES string of the molecule is COc1cc(F)c(C(N)C2CCNC2)cc1F. The second kappa shape index (κ2) is 4.98. The molecule has 1 heterocycles. The van der Waals surface area contributed by atoms with Crippen molar-refractivity contribution in [2.45, 2.75) is 12.5 Å². The van der Waals surface area contributed by atoms with Crippen molar-refractivity contribution < 1.29 is 13.5 Å². The van der Waals surface area contributed by atoms with Crippen LogP contribution >= 0.6 is 0 Å². The molecule has 17 heavy (non-hydrogen) atoms. The van der Waals surface area contributed by atoms with Crippen molar-refractivity contribution in [1.29, 1.82) is 0 Å². The maximum atomic E-state index is 13.8. The Morgan fingerprint density at radius 2 is 2.18 bits per heavy atom. The zero-order valence-electron chi connectivity index (χ0n) is 9.67. The molecule has 0 aliphatic carbocycles. The maximum absolute atomic E-state index is 13.8. The van der Waals surface area contributed by atoms with Gasteiger partial charge in [0.05, 0.1) is 7.11 Å². The lowest BCUT2D eigenvalue weighted by atomic mass is 9.92. The van der Waals surface area contributed by atoms with Crippen LogP contribution in [-0.4, -0.2) is 20.2 Å². The molecule has 0 amide bonds. The molecule has 0 bridgehead atoms. The van der Waals surface area contributed by atoms with Crippen LogP contribution in [0.3, 0.4) is 0 Å². The Bertz CT molecular complexity index is 406. The van der Waals surface area contributed by atoms with Gasteiger partial charge in [-0.05, 0) is 31.5 Å². The number of hydrogen-bond acceptors (Lipinski definition) is 3. The summed E-state index contributed by atoms with van der Waals surface area (Å²) in [5.41, 5.74) is 6.19. The summed E-state index contributed by atoms with van der Waals surface area (Å²) in [7, 11) is 1.30. The van der Waals surface area contributed by atoms with E-state index in [1.807, 2.05) is 0 Å². The molecule has 3 nitrogen and oxygen atoms in total. The molecule has 1 aliphatic heterocycles. The molecule has 2 atom stereocenters. The quantitative estimate of drug-likeness (QED) is 0.846. The predicted octanol–water partition coefficient (Wildman–Crippen LogP) is 1.58. The van der Waals surface area contributed by atoms with Gasteiger partial charge >= 0.3 is 0 Å². The van der Waals surface area contributed by atoms with Gasteiger partial charge in [-0.25, -0.2) is 8.78 Å². The van der Waals surface area contributed by atoms with E-state index in [4.69, 9.17) is 10.5 Å². The van der Waals surface area contributed by atoms with Gasteiger partial charge in [0.25, 0.3) is 0 Å². The van der Waals surface area contributed by atoms with Gasteiger partial charge in [-0.2, -0.15) is 0 Å². The van der Waals surface area contributed by atoms with Crippen molar-refractivity contribution in [3.8, 4) is 5.75 Å². The van der Waals surface area contributed by atoms with Crippen LogP contribution in [0, 0.1) is 17.6 Å². The average molecular weight is 242 g/mol. The third-order valence-electron chi connectivity index (χ3n) is 3.24. The number of rotatable bonds is 3. The minimum absolute atomic E-state index is 0.0944. The molecule has 0 spiro atoms. The predicted molar refractivity (Wildman–Crippen MR) is 60.8 cm³/mol. The van der Waals surface area contributed by atoms with Gasteiger partial charge in [-0.1, -0.05) is 0 Å². The molecule has 1 aliphatic rings. The first-order valence-corrected chi connectivity index (χ1v) is 5.62. The average Bonchev–Trinajstić information content (AvgIpc) is 2.84. The number of hydrogen-bond donors (Lipinski definition) is 2. The monoisotopic (exact) mass is 242 g/mol. The Labute approximate surface area is 98.9 Å². The molecule has 0 saturated carbocycles. The van der Waals surface area contributed by atoms with Crippen LogP contribution in [0.4, 0.5) is 8.78 Å². The Hall–Kier alpha value is -1.20. The highest BCUT2D eigenvalue weighted by atomic mass is 19.1. The summed E-state index contributed by atoms with van der Waals surface area (Å²) in [6, 6.07) is 1.70. The van der Waals surface area contributed by atoms with Gasteiger partial charge in [0.1, 0.15) is 5.82 Å². The van der Waals surface area contributed by atoms with Gasteiger partial charge < -0.3 is 15.8 Å². The lowest BCUT2D eigenvalue weighted by molar-refractivity contribution is 0.378. The highest BCUT2D eigenvalue weighted by Gasteiger charge is 2.26. The van der Waals surface area contributed by atoms with E-state index in [0.29, 0.717) is 0 Å². The van der Waals surface area contributed by atoms with Crippen LogP contribution in [0.2, 0.25) is 0 Å². The van der Waals surface area contributed by atoms with Crippen molar-refractivity contribution in [1.82, 2.24) is 5.32 Å². The number of halogens is 2. The lowest BCUT2D eigenvalue weighted by Gasteiger charge is -2.19. The maximum Gasteiger partial charge on any atom is 0.165 e. The summed E-state index contributed by atoms with van der Waals surface area (Å²) >= 11 is 0. The van der Waals surface area contributed by atoms with Crippen LogP contribution in [0.15, 0.2) is 12.1 Å². The lowest BCUT2D eigenvalue weighted by Crippen LogP contribution is -2.24. The van der Waals surface area contributed by atoms with E-state index >= 15 is 0 Å². The Morgan fingerprint density at radius 3 is 2.76 bits per heavy atom. The molecule has 3 N–H and O–H groups in total. The van der Waals surface area contributed by atoms with E-state index in [9.17, 15) is 8.78 Å². The zero-order chi connectivity index (χ0) is 12.4. The fourth-order valence-corrected chi connectivity index (χ4v) is 2.19. The smallest absolute Gasteiger partial charge is 0.165 e. The molecule has 1 saturated heterocycles. The van der Waals surface area contributed by atoms with Gasteiger partial charge in [-0.15, -0.1) is 0 Å². The summed E-state index contributed by atoms with van der Waals surface area (Å²) in [5, 5.41) is 3.16. The molecule has 1 fully saturated rings. The topological polar surface area (TPSA) is 47.3 Å². The molecule has 0 radical (unpaired) electrons. The highest BCUT2D eigenvalue weighted by Crippen LogP contribution is 2.30. The summed E-state index contributed by atoms with van der Waals surface area (Å²) in [6.45, 7) is 1.62. The summed E-state index contributed by atoms with van der Waals surface area (Å²) in [5.74, 6) is -1.03. The van der Waals surface area contributed by atoms with Gasteiger partial charge in [-0.3, -0.25) is 0 Å². The molecule has 0 aromatic heterocycles. The van der Waals surface area contributed by atoms with E-state index in [2.05, 4.69) is 5.32 Å². The van der Waals surface area contributed by atoms with Crippen LogP contribution in [0.1, 0.15) is 18.0 Å². The molecular formula is C12H16F2N2O. The van der Waals surface area contributed by atoms with E-state index in [1.54, 1.807) is 0 Å². The Morgan fingerprint density at radius 1 is 1.41 bits per heavy atom. The minimum Gasteiger partial charge on any atom is -0.494 e. The standard InChI is InChI=1S/C12H16F2N2O/c1-17-11-5-9(13)8(4-10(11)14)12(15)7-2-3-16-6-7/h4-5,7,12,16H,2-3,6,15H2,1H3. The first kappa shape index (κ1) is 12.3. The van der Waals surface area contributed by atoms with E-state index in [1.165, 1.54) is 7.11 Å². The summed E-state index contributed by atoms with van der Waals surface area (Å²) < 4.78 is 32.0. The van der Waals surface area contributed by atoms with Gasteiger partial charge in [0, 0.05) is 17.7 Å². The number of nitrogens with one attached hydrogen (secondary N) is 1. The Kier molecular flexibility index (Phi) is 3.59. The molecule has 2 unspecified atom stereocenters. The van der Waals surface area contributed by atoms with Crippen LogP contribution in [-0.2, 0) is 0 Å². The summed E-state index contributed by atoms with van der Waals surface area (Å²) in [6.07, 6.45) is 0.883. The van der Waals surface area contributed by atoms with Crippen LogP contribution in [0.5, 0.6) is 5.75 Å². The van der Waals surface area contributed by atoms with E-state index in [0.717, 1.165) is 31.6 Å². The zero-order valence-corrected chi connectivity index (χ0v) is 9.67. The van der Waals surface area contributed by atoms with Crippen molar-refractivity contribution in [2.24, 2.45) is 11.7 Å². The number of benzene rings is 1. The van der Waals surface area contributed by atoms with Crippen molar-refractivity contribution in [3.63, 3.8) is 0 Å². The molecule has 94 valence electrons. The fraction of sp³-hybridized carbons (Fsp3) is 0.500. The van der Waals surface area contributed by atoms with Gasteiger partial charge in [0.2, 0.25) is 0 Å². The summed E-state index contributed by atoms with van der Waals surface area (Å²) in [4.78, 5) is 0. The van der Waals surface area contributed by atoms with Crippen LogP contribution in [0.25, 0.3) is 0 Å². The van der Waals surface area contributed by atoms with E-state index in [-0.39, 0.29) is 17.2 Å². The Balaban J connectivity index is 2.28. The second-order valence-electron chi connectivity index (χ2n) is 4.29. The molecule has 1 aromatic rings. The van der Waals surface area contributed by atoms with Crippen LogP contribution < -0.4 is 15.8 Å². The second-order valence-corrected chi connectivity index (χ2v) is 4.29. The third-order valence-corrected chi connectivity index (χ3v) is 3.24. The first-order valence-electron chi connectivity index (χ1n) is 5.62. The molecule has 5 heteroatoms. The van der Waals surface area contributed by atoms with Crippen molar-refractivity contribution in [3.05, 3.63) is 29.3 Å². The molecular weight excluding hydrogens is 226 g/mol. The van der Waals surface area contributed by atoms with Gasteiger partial charge in [0.15, 0.2) is 11.6 Å². The number of methoxy groups -OCH3 is 1. The van der Waals surface area contributed by atoms with E-state index < -0.39 is 17.7 Å².